The number of carbonyl (C=O) groups excluding carboxylic acids is 1. The van der Waals surface area contributed by atoms with Gasteiger partial charge in [0.15, 0.2) is 11.6 Å². The molecule has 0 bridgehead atoms. The Labute approximate surface area is 175 Å². The molecular weight excluding hydrogens is 376 g/mol. The molecule has 0 spiro atoms. The second-order valence-electron chi connectivity index (χ2n) is 9.02. The van der Waals surface area contributed by atoms with Crippen molar-refractivity contribution < 1.29 is 9.90 Å². The molecule has 0 fully saturated rings. The summed E-state index contributed by atoms with van der Waals surface area (Å²) >= 11 is 0. The van der Waals surface area contributed by atoms with Crippen LogP contribution in [-0.4, -0.2) is 25.7 Å². The van der Waals surface area contributed by atoms with Crippen LogP contribution in [0.2, 0.25) is 0 Å². The quantitative estimate of drug-likeness (QED) is 0.656. The molecule has 2 heterocycles. The number of benzene rings is 2. The lowest BCUT2D eigenvalue weighted by molar-refractivity contribution is -0.118. The Morgan fingerprint density at radius 2 is 1.77 bits per heavy atom. The summed E-state index contributed by atoms with van der Waals surface area (Å²) in [6.07, 6.45) is 1.27. The Kier molecular flexibility index (Phi) is 4.07. The van der Waals surface area contributed by atoms with E-state index in [1.165, 1.54) is 5.56 Å². The Morgan fingerprint density at radius 3 is 2.47 bits per heavy atom. The molecule has 0 radical (unpaired) electrons. The van der Waals surface area contributed by atoms with Crippen molar-refractivity contribution in [2.45, 2.75) is 39.7 Å². The molecular formula is C24H24N4O2. The molecule has 30 heavy (non-hydrogen) atoms. The molecule has 152 valence electrons. The van der Waals surface area contributed by atoms with Crippen LogP contribution in [0.15, 0.2) is 59.8 Å². The maximum atomic E-state index is 13.2. The number of nitrogens with zero attached hydrogens (tertiary/aromatic N) is 3. The fraction of sp³-hybridized carbons (Fsp3) is 0.292. The van der Waals surface area contributed by atoms with E-state index >= 15 is 0 Å². The maximum Gasteiger partial charge on any atom is 0.226 e. The van der Waals surface area contributed by atoms with Gasteiger partial charge < -0.3 is 10.4 Å². The number of hydrogen-bond donors (Lipinski definition) is 2. The number of aryl methyl sites for hydroxylation is 1. The van der Waals surface area contributed by atoms with E-state index in [1.54, 1.807) is 16.8 Å². The maximum absolute atomic E-state index is 13.2. The van der Waals surface area contributed by atoms with Gasteiger partial charge in [0.05, 0.1) is 0 Å². The van der Waals surface area contributed by atoms with E-state index in [4.69, 9.17) is 10.1 Å². The van der Waals surface area contributed by atoms with Crippen LogP contribution < -0.4 is 5.32 Å². The summed E-state index contributed by atoms with van der Waals surface area (Å²) in [5.74, 6) is 1.57. The van der Waals surface area contributed by atoms with Gasteiger partial charge in [0.1, 0.15) is 11.8 Å². The van der Waals surface area contributed by atoms with Crippen LogP contribution in [0.3, 0.4) is 0 Å². The molecule has 2 N–H and O–H groups in total. The second kappa shape index (κ2) is 6.55. The molecule has 2 aliphatic rings. The number of aromatic nitrogens is 3. The van der Waals surface area contributed by atoms with Gasteiger partial charge in [-0.3, -0.25) is 4.79 Å². The SMILES string of the molecule is Cc1ccc(-c2nc3n(n2)C(c2ccc(O)cc2)C2=C(CC(C)(C)CC2=O)N3)cc1. The van der Waals surface area contributed by atoms with Gasteiger partial charge >= 0.3 is 0 Å². The van der Waals surface area contributed by atoms with Crippen molar-refractivity contribution in [2.24, 2.45) is 5.41 Å². The first-order valence-electron chi connectivity index (χ1n) is 10.2. The zero-order valence-electron chi connectivity index (χ0n) is 17.3. The highest BCUT2D eigenvalue weighted by Gasteiger charge is 2.41. The van der Waals surface area contributed by atoms with Gasteiger partial charge in [-0.25, -0.2) is 4.68 Å². The average Bonchev–Trinajstić information content (AvgIpc) is 3.10. The summed E-state index contributed by atoms with van der Waals surface area (Å²) in [6, 6.07) is 14.7. The number of anilines is 1. The minimum atomic E-state index is -0.368. The van der Waals surface area contributed by atoms with E-state index in [-0.39, 0.29) is 23.0 Å². The summed E-state index contributed by atoms with van der Waals surface area (Å²) < 4.78 is 1.80. The van der Waals surface area contributed by atoms with Crippen molar-refractivity contribution in [3.05, 3.63) is 70.9 Å². The predicted octanol–water partition coefficient (Wildman–Crippen LogP) is 4.62. The van der Waals surface area contributed by atoms with Crippen molar-refractivity contribution in [1.29, 1.82) is 0 Å². The van der Waals surface area contributed by atoms with Crippen LogP contribution in [0.4, 0.5) is 5.95 Å². The van der Waals surface area contributed by atoms with Gasteiger partial charge in [-0.2, -0.15) is 4.98 Å². The molecule has 0 saturated heterocycles. The lowest BCUT2D eigenvalue weighted by Gasteiger charge is -2.38. The zero-order chi connectivity index (χ0) is 21.0. The van der Waals surface area contributed by atoms with Crippen LogP contribution in [0.25, 0.3) is 11.4 Å². The summed E-state index contributed by atoms with van der Waals surface area (Å²) in [5.41, 5.74) is 4.56. The van der Waals surface area contributed by atoms with E-state index in [9.17, 15) is 9.90 Å². The van der Waals surface area contributed by atoms with Crippen molar-refractivity contribution in [3.8, 4) is 17.1 Å². The van der Waals surface area contributed by atoms with E-state index < -0.39 is 0 Å². The van der Waals surface area contributed by atoms with Crippen LogP contribution >= 0.6 is 0 Å². The summed E-state index contributed by atoms with van der Waals surface area (Å²) in [6.45, 7) is 6.27. The molecule has 2 aromatic carbocycles. The standard InChI is InChI=1S/C24H24N4O2/c1-14-4-6-16(7-5-14)22-26-23-25-18-12-24(2,3)13-19(30)20(18)21(28(23)27-22)15-8-10-17(29)11-9-15/h4-11,21,29H,12-13H2,1-3H3,(H,25,26,27). The Bertz CT molecular complexity index is 1170. The van der Waals surface area contributed by atoms with Crippen LogP contribution in [0.1, 0.15) is 43.9 Å². The van der Waals surface area contributed by atoms with E-state index in [0.29, 0.717) is 18.2 Å². The molecule has 1 unspecified atom stereocenters. The number of aromatic hydroxyl groups is 1. The minimum Gasteiger partial charge on any atom is -0.508 e. The normalized spacial score (nSPS) is 19.8. The first-order valence-corrected chi connectivity index (χ1v) is 10.2. The summed E-state index contributed by atoms with van der Waals surface area (Å²) in [4.78, 5) is 18.0. The Hall–Kier alpha value is -3.41. The first kappa shape index (κ1) is 18.6. The number of carbonyl (C=O) groups is 1. The van der Waals surface area contributed by atoms with Crippen LogP contribution in [-0.2, 0) is 4.79 Å². The van der Waals surface area contributed by atoms with E-state index in [0.717, 1.165) is 28.8 Å². The van der Waals surface area contributed by atoms with Crippen LogP contribution in [0, 0.1) is 12.3 Å². The smallest absolute Gasteiger partial charge is 0.226 e. The third-order valence-corrected chi connectivity index (χ3v) is 5.85. The monoisotopic (exact) mass is 400 g/mol. The fourth-order valence-corrected chi connectivity index (χ4v) is 4.40. The number of fused-ring (bicyclic) bond motifs is 1. The molecule has 1 aliphatic heterocycles. The van der Waals surface area contributed by atoms with Crippen molar-refractivity contribution in [1.82, 2.24) is 14.8 Å². The third kappa shape index (κ3) is 3.09. The molecule has 1 atom stereocenters. The van der Waals surface area contributed by atoms with Gasteiger partial charge in [-0.15, -0.1) is 5.10 Å². The Balaban J connectivity index is 1.67. The second-order valence-corrected chi connectivity index (χ2v) is 9.02. The number of nitrogens with one attached hydrogen (secondary N) is 1. The van der Waals surface area contributed by atoms with Crippen LogP contribution in [0.5, 0.6) is 5.75 Å². The summed E-state index contributed by atoms with van der Waals surface area (Å²) in [7, 11) is 0. The number of rotatable bonds is 2. The molecule has 6 heteroatoms. The van der Waals surface area contributed by atoms with E-state index in [1.807, 2.05) is 43.3 Å². The molecule has 0 saturated carbocycles. The lowest BCUT2D eigenvalue weighted by atomic mass is 9.73. The lowest BCUT2D eigenvalue weighted by Crippen LogP contribution is -2.36. The number of phenols is 1. The number of ketones is 1. The number of Topliss-reactive ketones (excluding diaryl/α,β-unsaturated/α-hetero) is 1. The summed E-state index contributed by atoms with van der Waals surface area (Å²) in [5, 5.41) is 17.9. The average molecular weight is 400 g/mol. The van der Waals surface area contributed by atoms with E-state index in [2.05, 4.69) is 19.2 Å². The Morgan fingerprint density at radius 1 is 1.07 bits per heavy atom. The highest BCUT2D eigenvalue weighted by atomic mass is 16.3. The molecule has 1 aliphatic carbocycles. The predicted molar refractivity (Wildman–Crippen MR) is 115 cm³/mol. The van der Waals surface area contributed by atoms with Gasteiger partial charge in [-0.1, -0.05) is 55.8 Å². The van der Waals surface area contributed by atoms with Gasteiger partial charge in [0.25, 0.3) is 0 Å². The first-order chi connectivity index (χ1) is 14.3. The van der Waals surface area contributed by atoms with Gasteiger partial charge in [0.2, 0.25) is 5.95 Å². The highest BCUT2D eigenvalue weighted by Crippen LogP contribution is 2.45. The number of allylic oxidation sites excluding steroid dienone is 2. The topological polar surface area (TPSA) is 80.0 Å². The van der Waals surface area contributed by atoms with Crippen molar-refractivity contribution in [3.63, 3.8) is 0 Å². The number of hydrogen-bond acceptors (Lipinski definition) is 5. The largest absolute Gasteiger partial charge is 0.508 e. The molecule has 3 aromatic rings. The minimum absolute atomic E-state index is 0.107. The zero-order valence-corrected chi connectivity index (χ0v) is 17.3. The molecule has 0 amide bonds. The van der Waals surface area contributed by atoms with Crippen molar-refractivity contribution in [2.75, 3.05) is 5.32 Å². The van der Waals surface area contributed by atoms with Gasteiger partial charge in [-0.05, 0) is 36.5 Å². The molecule has 6 nitrogen and oxygen atoms in total. The number of phenolic OH excluding ortho intramolecular Hbond substituents is 1. The van der Waals surface area contributed by atoms with Gasteiger partial charge in [0, 0.05) is 23.3 Å². The van der Waals surface area contributed by atoms with Crippen molar-refractivity contribution >= 4 is 11.7 Å². The molecule has 1 aromatic heterocycles. The highest BCUT2D eigenvalue weighted by molar-refractivity contribution is 6.00. The molecule has 5 rings (SSSR count). The fourth-order valence-electron chi connectivity index (χ4n) is 4.40. The third-order valence-electron chi connectivity index (χ3n) is 5.85.